The van der Waals surface area contributed by atoms with Gasteiger partial charge in [0.05, 0.1) is 28.3 Å². The number of rotatable bonds is 2. The number of carbonyl (C=O) groups excluding carboxylic acids is 1. The molecule has 0 bridgehead atoms. The van der Waals surface area contributed by atoms with Crippen LogP contribution in [0.25, 0.3) is 0 Å². The Labute approximate surface area is 125 Å². The Morgan fingerprint density at radius 1 is 1.60 bits per heavy atom. The maximum atomic E-state index is 13.5. The fraction of sp³-hybridized carbons (Fsp3) is 0.500. The van der Waals surface area contributed by atoms with Gasteiger partial charge in [0.1, 0.15) is 5.82 Å². The zero-order valence-electron chi connectivity index (χ0n) is 11.4. The minimum atomic E-state index is -0.541. The van der Waals surface area contributed by atoms with Gasteiger partial charge < -0.3 is 14.7 Å². The summed E-state index contributed by atoms with van der Waals surface area (Å²) in [5, 5.41) is 9.26. The van der Waals surface area contributed by atoms with E-state index in [-0.39, 0.29) is 22.6 Å². The molecule has 0 spiro atoms. The highest BCUT2D eigenvalue weighted by Crippen LogP contribution is 2.26. The van der Waals surface area contributed by atoms with Crippen LogP contribution in [0, 0.1) is 5.82 Å². The molecule has 1 heterocycles. The molecule has 2 rings (SSSR count). The van der Waals surface area contributed by atoms with Crippen molar-refractivity contribution in [3.05, 3.63) is 34.1 Å². The first-order valence-electron chi connectivity index (χ1n) is 6.36. The molecule has 110 valence electrons. The summed E-state index contributed by atoms with van der Waals surface area (Å²) in [6.07, 6.45) is -0.421. The molecule has 1 unspecified atom stereocenters. The van der Waals surface area contributed by atoms with Gasteiger partial charge in [-0.25, -0.2) is 4.39 Å². The molecular weight excluding hydrogens is 329 g/mol. The Kier molecular flexibility index (Phi) is 4.46. The first kappa shape index (κ1) is 15.4. The highest BCUT2D eigenvalue weighted by atomic mass is 79.9. The summed E-state index contributed by atoms with van der Waals surface area (Å²) >= 11 is 3.11. The fourth-order valence-corrected chi connectivity index (χ4v) is 2.82. The molecule has 6 heteroatoms. The van der Waals surface area contributed by atoms with E-state index in [0.717, 1.165) is 0 Å². The molecular formula is C14H17BrFNO3. The van der Waals surface area contributed by atoms with Crippen LogP contribution in [0.1, 0.15) is 24.2 Å². The molecule has 1 N–H and O–H groups in total. The first-order valence-corrected chi connectivity index (χ1v) is 7.15. The Hall–Kier alpha value is -0.980. The topological polar surface area (TPSA) is 49.8 Å². The van der Waals surface area contributed by atoms with Gasteiger partial charge in [0.2, 0.25) is 0 Å². The van der Waals surface area contributed by atoms with E-state index >= 15 is 0 Å². The van der Waals surface area contributed by atoms with Gasteiger partial charge in [0.25, 0.3) is 5.91 Å². The van der Waals surface area contributed by atoms with Crippen LogP contribution in [-0.2, 0) is 4.74 Å². The molecule has 1 aromatic rings. The molecule has 0 aliphatic carbocycles. The van der Waals surface area contributed by atoms with E-state index in [1.165, 1.54) is 12.1 Å². The number of hydrogen-bond acceptors (Lipinski definition) is 3. The highest BCUT2D eigenvalue weighted by molar-refractivity contribution is 9.10. The molecule has 0 saturated carbocycles. The first-order chi connectivity index (χ1) is 9.34. The lowest BCUT2D eigenvalue weighted by Gasteiger charge is -2.42. The SMILES string of the molecule is CC1(C)CN(C(=O)c2cccc(F)c2Br)CC(CO)O1. The van der Waals surface area contributed by atoms with E-state index < -0.39 is 17.5 Å². The van der Waals surface area contributed by atoms with Crippen LogP contribution < -0.4 is 0 Å². The quantitative estimate of drug-likeness (QED) is 0.893. The van der Waals surface area contributed by atoms with Crippen molar-refractivity contribution in [2.24, 2.45) is 0 Å². The van der Waals surface area contributed by atoms with Gasteiger partial charge in [-0.1, -0.05) is 6.07 Å². The Bertz CT molecular complexity index is 521. The Morgan fingerprint density at radius 2 is 2.30 bits per heavy atom. The summed E-state index contributed by atoms with van der Waals surface area (Å²) in [5.74, 6) is -0.742. The summed E-state index contributed by atoms with van der Waals surface area (Å²) < 4.78 is 19.3. The van der Waals surface area contributed by atoms with Crippen LogP contribution in [0.4, 0.5) is 4.39 Å². The van der Waals surface area contributed by atoms with Crippen molar-refractivity contribution < 1.29 is 19.0 Å². The second kappa shape index (κ2) is 5.79. The van der Waals surface area contributed by atoms with Crippen molar-refractivity contribution in [1.29, 1.82) is 0 Å². The number of carbonyl (C=O) groups is 1. The Balaban J connectivity index is 2.26. The number of amides is 1. The number of nitrogens with zero attached hydrogens (tertiary/aromatic N) is 1. The summed E-state index contributed by atoms with van der Waals surface area (Å²) in [4.78, 5) is 14.1. The molecule has 1 saturated heterocycles. The summed E-state index contributed by atoms with van der Waals surface area (Å²) in [5.41, 5.74) is -0.263. The second-order valence-corrected chi connectivity index (χ2v) is 6.26. The number of halogens is 2. The largest absolute Gasteiger partial charge is 0.394 e. The van der Waals surface area contributed by atoms with Gasteiger partial charge >= 0.3 is 0 Å². The standard InChI is InChI=1S/C14H17BrFNO3/c1-14(2)8-17(6-9(7-18)20-14)13(19)10-4-3-5-11(16)12(10)15/h3-5,9,18H,6-8H2,1-2H3. The van der Waals surface area contributed by atoms with Crippen molar-refractivity contribution >= 4 is 21.8 Å². The molecule has 1 aliphatic rings. The molecule has 1 aromatic carbocycles. The third-order valence-electron chi connectivity index (χ3n) is 3.15. The Morgan fingerprint density at radius 3 is 2.95 bits per heavy atom. The minimum Gasteiger partial charge on any atom is -0.394 e. The van der Waals surface area contributed by atoms with Crippen molar-refractivity contribution in [3.8, 4) is 0 Å². The predicted molar refractivity (Wildman–Crippen MR) is 76.0 cm³/mol. The molecule has 0 radical (unpaired) electrons. The van der Waals surface area contributed by atoms with Crippen LogP contribution >= 0.6 is 15.9 Å². The number of hydrogen-bond donors (Lipinski definition) is 1. The smallest absolute Gasteiger partial charge is 0.255 e. The van der Waals surface area contributed by atoms with Gasteiger partial charge in [-0.05, 0) is 41.9 Å². The van der Waals surface area contributed by atoms with Gasteiger partial charge in [-0.15, -0.1) is 0 Å². The van der Waals surface area contributed by atoms with Crippen LogP contribution in [0.5, 0.6) is 0 Å². The second-order valence-electron chi connectivity index (χ2n) is 5.47. The molecule has 1 aliphatic heterocycles. The number of aliphatic hydroxyl groups excluding tert-OH is 1. The van der Waals surface area contributed by atoms with Crippen molar-refractivity contribution in [2.75, 3.05) is 19.7 Å². The monoisotopic (exact) mass is 345 g/mol. The third kappa shape index (κ3) is 3.19. The number of benzene rings is 1. The number of aliphatic hydroxyl groups is 1. The van der Waals surface area contributed by atoms with E-state index in [0.29, 0.717) is 13.1 Å². The zero-order chi connectivity index (χ0) is 14.9. The third-order valence-corrected chi connectivity index (χ3v) is 3.96. The van der Waals surface area contributed by atoms with Crippen molar-refractivity contribution in [1.82, 2.24) is 4.90 Å². The van der Waals surface area contributed by atoms with E-state index in [1.54, 1.807) is 11.0 Å². The van der Waals surface area contributed by atoms with Crippen LogP contribution in [0.15, 0.2) is 22.7 Å². The molecule has 4 nitrogen and oxygen atoms in total. The van der Waals surface area contributed by atoms with Crippen LogP contribution in [-0.4, -0.2) is 47.3 Å². The summed E-state index contributed by atoms with van der Waals surface area (Å²) in [6, 6.07) is 4.37. The van der Waals surface area contributed by atoms with Gasteiger partial charge in [0, 0.05) is 13.1 Å². The van der Waals surface area contributed by atoms with E-state index in [2.05, 4.69) is 15.9 Å². The minimum absolute atomic E-state index is 0.155. The summed E-state index contributed by atoms with van der Waals surface area (Å²) in [6.45, 7) is 4.25. The molecule has 1 fully saturated rings. The predicted octanol–water partition coefficient (Wildman–Crippen LogP) is 2.20. The summed E-state index contributed by atoms with van der Waals surface area (Å²) in [7, 11) is 0. The highest BCUT2D eigenvalue weighted by Gasteiger charge is 2.36. The van der Waals surface area contributed by atoms with Gasteiger partial charge in [0.15, 0.2) is 0 Å². The van der Waals surface area contributed by atoms with E-state index in [1.807, 2.05) is 13.8 Å². The lowest BCUT2D eigenvalue weighted by atomic mass is 10.0. The lowest BCUT2D eigenvalue weighted by molar-refractivity contribution is -0.139. The van der Waals surface area contributed by atoms with Crippen LogP contribution in [0.3, 0.4) is 0 Å². The van der Waals surface area contributed by atoms with Gasteiger partial charge in [-0.2, -0.15) is 0 Å². The van der Waals surface area contributed by atoms with E-state index in [4.69, 9.17) is 4.74 Å². The van der Waals surface area contributed by atoms with Crippen molar-refractivity contribution in [2.45, 2.75) is 25.6 Å². The van der Waals surface area contributed by atoms with E-state index in [9.17, 15) is 14.3 Å². The maximum Gasteiger partial charge on any atom is 0.255 e. The van der Waals surface area contributed by atoms with Crippen molar-refractivity contribution in [3.63, 3.8) is 0 Å². The normalized spacial score (nSPS) is 21.9. The fourth-order valence-electron chi connectivity index (χ4n) is 2.38. The van der Waals surface area contributed by atoms with Crippen LogP contribution in [0.2, 0.25) is 0 Å². The molecule has 1 amide bonds. The zero-order valence-corrected chi connectivity index (χ0v) is 13.0. The molecule has 0 aromatic heterocycles. The molecule has 1 atom stereocenters. The average molecular weight is 346 g/mol. The number of ether oxygens (including phenoxy) is 1. The molecule has 20 heavy (non-hydrogen) atoms. The van der Waals surface area contributed by atoms with Gasteiger partial charge in [-0.3, -0.25) is 4.79 Å². The lowest BCUT2D eigenvalue weighted by Crippen LogP contribution is -2.55. The number of morpholine rings is 1. The average Bonchev–Trinajstić information content (AvgIpc) is 2.39. The maximum absolute atomic E-state index is 13.5.